The molecule has 1 N–H and O–H groups in total. The highest BCUT2D eigenvalue weighted by Crippen LogP contribution is 2.20. The van der Waals surface area contributed by atoms with E-state index in [4.69, 9.17) is 4.99 Å². The molecule has 0 spiro atoms. The van der Waals surface area contributed by atoms with E-state index in [1.165, 1.54) is 6.07 Å². The first kappa shape index (κ1) is 17.9. The number of nitrogens with one attached hydrogen (secondary N) is 1. The third-order valence-corrected chi connectivity index (χ3v) is 4.57. The highest BCUT2D eigenvalue weighted by molar-refractivity contribution is 7.98. The molecular formula is C17H27FN4S. The number of piperazine rings is 1. The second kappa shape index (κ2) is 9.65. The summed E-state index contributed by atoms with van der Waals surface area (Å²) in [7, 11) is 0. The third kappa shape index (κ3) is 5.30. The molecule has 128 valence electrons. The van der Waals surface area contributed by atoms with Crippen LogP contribution in [-0.2, 0) is 0 Å². The molecule has 0 amide bonds. The molecule has 1 aromatic carbocycles. The molecule has 2 rings (SSSR count). The molecule has 4 nitrogen and oxygen atoms in total. The summed E-state index contributed by atoms with van der Waals surface area (Å²) in [5.41, 5.74) is 0.703. The second-order valence-electron chi connectivity index (χ2n) is 5.51. The first-order chi connectivity index (χ1) is 11.3. The second-order valence-corrected chi connectivity index (χ2v) is 6.49. The lowest BCUT2D eigenvalue weighted by atomic mass is 10.2. The maximum atomic E-state index is 13.9. The van der Waals surface area contributed by atoms with Gasteiger partial charge in [0.05, 0.1) is 5.69 Å². The van der Waals surface area contributed by atoms with E-state index >= 15 is 0 Å². The van der Waals surface area contributed by atoms with Gasteiger partial charge in [-0.3, -0.25) is 4.99 Å². The van der Waals surface area contributed by atoms with E-state index in [-0.39, 0.29) is 5.82 Å². The largest absolute Gasteiger partial charge is 0.366 e. The zero-order valence-electron chi connectivity index (χ0n) is 14.1. The molecule has 1 saturated heterocycles. The van der Waals surface area contributed by atoms with E-state index < -0.39 is 0 Å². The van der Waals surface area contributed by atoms with Crippen molar-refractivity contribution < 1.29 is 4.39 Å². The lowest BCUT2D eigenvalue weighted by Crippen LogP contribution is -2.52. The zero-order valence-corrected chi connectivity index (χ0v) is 14.9. The van der Waals surface area contributed by atoms with Crippen LogP contribution in [0.1, 0.15) is 13.3 Å². The minimum atomic E-state index is -0.140. The van der Waals surface area contributed by atoms with Crippen LogP contribution >= 0.6 is 11.8 Å². The van der Waals surface area contributed by atoms with Crippen LogP contribution in [0.4, 0.5) is 10.1 Å². The minimum Gasteiger partial charge on any atom is -0.366 e. The molecule has 0 bridgehead atoms. The summed E-state index contributed by atoms with van der Waals surface area (Å²) in [4.78, 5) is 9.11. The van der Waals surface area contributed by atoms with Gasteiger partial charge in [-0.05, 0) is 37.5 Å². The number of anilines is 1. The fourth-order valence-corrected chi connectivity index (χ4v) is 3.10. The Hall–Kier alpha value is -1.43. The standard InChI is InChI=1S/C17H27FN4S/c1-3-19-17(20-9-6-14-23-2)22-12-10-21(11-13-22)16-8-5-4-7-15(16)18/h4-5,7-8H,3,6,9-14H2,1-2H3,(H,19,20). The van der Waals surface area contributed by atoms with Crippen molar-refractivity contribution >= 4 is 23.4 Å². The van der Waals surface area contributed by atoms with Crippen molar-refractivity contribution in [2.45, 2.75) is 13.3 Å². The topological polar surface area (TPSA) is 30.9 Å². The Bertz CT molecular complexity index is 501. The molecule has 0 unspecified atom stereocenters. The van der Waals surface area contributed by atoms with Crippen LogP contribution in [0.25, 0.3) is 0 Å². The van der Waals surface area contributed by atoms with Gasteiger partial charge in [0, 0.05) is 39.3 Å². The summed E-state index contributed by atoms with van der Waals surface area (Å²) in [5.74, 6) is 1.99. The van der Waals surface area contributed by atoms with E-state index in [1.807, 2.05) is 23.9 Å². The molecular weight excluding hydrogens is 311 g/mol. The predicted molar refractivity (Wildman–Crippen MR) is 99.2 cm³/mol. The molecule has 0 aromatic heterocycles. The van der Waals surface area contributed by atoms with E-state index in [0.717, 1.165) is 57.4 Å². The van der Waals surface area contributed by atoms with Crippen molar-refractivity contribution in [1.29, 1.82) is 0 Å². The van der Waals surface area contributed by atoms with Gasteiger partial charge >= 0.3 is 0 Å². The zero-order chi connectivity index (χ0) is 16.5. The number of hydrogen-bond donors (Lipinski definition) is 1. The van der Waals surface area contributed by atoms with Gasteiger partial charge in [0.1, 0.15) is 5.82 Å². The van der Waals surface area contributed by atoms with Crippen molar-refractivity contribution in [1.82, 2.24) is 10.2 Å². The molecule has 1 aliphatic rings. The van der Waals surface area contributed by atoms with Crippen LogP contribution in [0.2, 0.25) is 0 Å². The SMILES string of the molecule is CCNC(=NCCCSC)N1CCN(c2ccccc2F)CC1. The number of halogens is 1. The molecule has 23 heavy (non-hydrogen) atoms. The van der Waals surface area contributed by atoms with Crippen molar-refractivity contribution in [3.8, 4) is 0 Å². The smallest absolute Gasteiger partial charge is 0.194 e. The van der Waals surface area contributed by atoms with Gasteiger partial charge in [-0.2, -0.15) is 11.8 Å². The monoisotopic (exact) mass is 338 g/mol. The average Bonchev–Trinajstić information content (AvgIpc) is 2.58. The normalized spacial score (nSPS) is 15.9. The minimum absolute atomic E-state index is 0.140. The third-order valence-electron chi connectivity index (χ3n) is 3.88. The fourth-order valence-electron chi connectivity index (χ4n) is 2.69. The van der Waals surface area contributed by atoms with Crippen molar-refractivity contribution in [3.05, 3.63) is 30.1 Å². The highest BCUT2D eigenvalue weighted by atomic mass is 32.2. The molecule has 1 aromatic rings. The number of guanidine groups is 1. The van der Waals surface area contributed by atoms with Crippen LogP contribution in [0.5, 0.6) is 0 Å². The Balaban J connectivity index is 1.91. The van der Waals surface area contributed by atoms with Crippen molar-refractivity contribution in [3.63, 3.8) is 0 Å². The fraction of sp³-hybridized carbons (Fsp3) is 0.588. The number of nitrogens with zero attached hydrogens (tertiary/aromatic N) is 3. The summed E-state index contributed by atoms with van der Waals surface area (Å²) >= 11 is 1.86. The van der Waals surface area contributed by atoms with Crippen LogP contribution in [0.3, 0.4) is 0 Å². The maximum absolute atomic E-state index is 13.9. The van der Waals surface area contributed by atoms with Crippen LogP contribution in [-0.4, -0.2) is 62.1 Å². The summed E-state index contributed by atoms with van der Waals surface area (Å²) < 4.78 is 13.9. The molecule has 1 aliphatic heterocycles. The molecule has 1 fully saturated rings. The van der Waals surface area contributed by atoms with Gasteiger partial charge < -0.3 is 15.1 Å². The molecule has 0 atom stereocenters. The Morgan fingerprint density at radius 2 is 2.00 bits per heavy atom. The molecule has 6 heteroatoms. The van der Waals surface area contributed by atoms with Crippen molar-refractivity contribution in [2.75, 3.05) is 56.2 Å². The molecule has 0 radical (unpaired) electrons. The maximum Gasteiger partial charge on any atom is 0.194 e. The first-order valence-electron chi connectivity index (χ1n) is 8.28. The Morgan fingerprint density at radius 3 is 2.65 bits per heavy atom. The number of aliphatic imine (C=N–C) groups is 1. The van der Waals surface area contributed by atoms with E-state index in [9.17, 15) is 4.39 Å². The number of para-hydroxylation sites is 1. The van der Waals surface area contributed by atoms with E-state index in [0.29, 0.717) is 5.69 Å². The number of hydrogen-bond acceptors (Lipinski definition) is 3. The van der Waals surface area contributed by atoms with E-state index in [2.05, 4.69) is 28.3 Å². The first-order valence-corrected chi connectivity index (χ1v) is 9.67. The van der Waals surface area contributed by atoms with Crippen molar-refractivity contribution in [2.24, 2.45) is 4.99 Å². The number of benzene rings is 1. The van der Waals surface area contributed by atoms with E-state index in [1.54, 1.807) is 6.07 Å². The Morgan fingerprint density at radius 1 is 1.26 bits per heavy atom. The summed E-state index contributed by atoms with van der Waals surface area (Å²) in [6, 6.07) is 7.01. The number of rotatable bonds is 6. The van der Waals surface area contributed by atoms with Gasteiger partial charge in [0.15, 0.2) is 5.96 Å². The predicted octanol–water partition coefficient (Wildman–Crippen LogP) is 2.67. The molecule has 1 heterocycles. The molecule has 0 aliphatic carbocycles. The quantitative estimate of drug-likeness (QED) is 0.491. The van der Waals surface area contributed by atoms with Crippen LogP contribution in [0, 0.1) is 5.82 Å². The highest BCUT2D eigenvalue weighted by Gasteiger charge is 2.21. The lowest BCUT2D eigenvalue weighted by Gasteiger charge is -2.37. The van der Waals surface area contributed by atoms with Gasteiger partial charge in [-0.25, -0.2) is 4.39 Å². The van der Waals surface area contributed by atoms with Gasteiger partial charge in [0.25, 0.3) is 0 Å². The molecule has 0 saturated carbocycles. The average molecular weight is 338 g/mol. The van der Waals surface area contributed by atoms with Gasteiger partial charge in [-0.15, -0.1) is 0 Å². The Kier molecular flexibility index (Phi) is 7.52. The van der Waals surface area contributed by atoms with Gasteiger partial charge in [-0.1, -0.05) is 12.1 Å². The summed E-state index contributed by atoms with van der Waals surface area (Å²) in [5, 5.41) is 3.37. The Labute approximate surface area is 143 Å². The number of thioether (sulfide) groups is 1. The van der Waals surface area contributed by atoms with Crippen LogP contribution in [0.15, 0.2) is 29.3 Å². The van der Waals surface area contributed by atoms with Gasteiger partial charge in [0.2, 0.25) is 0 Å². The summed E-state index contributed by atoms with van der Waals surface area (Å²) in [6.45, 7) is 7.18. The van der Waals surface area contributed by atoms with Crippen LogP contribution < -0.4 is 10.2 Å². The lowest BCUT2D eigenvalue weighted by molar-refractivity contribution is 0.371. The summed E-state index contributed by atoms with van der Waals surface area (Å²) in [6.07, 6.45) is 3.22.